The fourth-order valence-corrected chi connectivity index (χ4v) is 6.58. The summed E-state index contributed by atoms with van der Waals surface area (Å²) in [6.45, 7) is 12.5. The maximum atomic E-state index is 10.3. The Balaban J connectivity index is 1.69. The lowest BCUT2D eigenvalue weighted by atomic mass is 9.60. The average Bonchev–Trinajstić information content (AvgIpc) is 3.03. The van der Waals surface area contributed by atoms with Crippen LogP contribution in [0.15, 0.2) is 35.5 Å². The van der Waals surface area contributed by atoms with Crippen LogP contribution in [0.25, 0.3) is 0 Å². The molecule has 0 unspecified atom stereocenters. The molecule has 0 aromatic heterocycles. The number of aliphatic hydroxyl groups is 3. The van der Waals surface area contributed by atoms with Crippen molar-refractivity contribution in [2.24, 2.45) is 23.2 Å². The highest BCUT2D eigenvalue weighted by molar-refractivity contribution is 5.36. The molecule has 0 heterocycles. The van der Waals surface area contributed by atoms with E-state index in [1.807, 2.05) is 0 Å². The van der Waals surface area contributed by atoms with Crippen LogP contribution in [0, 0.1) is 23.2 Å². The molecule has 0 amide bonds. The highest BCUT2D eigenvalue weighted by Crippen LogP contribution is 2.60. The van der Waals surface area contributed by atoms with Gasteiger partial charge >= 0.3 is 0 Å². The van der Waals surface area contributed by atoms with E-state index in [2.05, 4.69) is 32.6 Å². The molecule has 3 nitrogen and oxygen atoms in total. The summed E-state index contributed by atoms with van der Waals surface area (Å²) in [7, 11) is 0. The summed E-state index contributed by atoms with van der Waals surface area (Å²) in [4.78, 5) is 0. The molecule has 0 bridgehead atoms. The van der Waals surface area contributed by atoms with Crippen molar-refractivity contribution < 1.29 is 15.3 Å². The van der Waals surface area contributed by atoms with Crippen LogP contribution < -0.4 is 0 Å². The Labute approximate surface area is 184 Å². The van der Waals surface area contributed by atoms with E-state index in [4.69, 9.17) is 0 Å². The Kier molecular flexibility index (Phi) is 7.37. The summed E-state index contributed by atoms with van der Waals surface area (Å²) in [5, 5.41) is 30.3. The largest absolute Gasteiger partial charge is 0.393 e. The van der Waals surface area contributed by atoms with Crippen LogP contribution in [0.4, 0.5) is 0 Å². The van der Waals surface area contributed by atoms with Gasteiger partial charge in [-0.25, -0.2) is 0 Å². The monoisotopic (exact) mass is 416 g/mol. The van der Waals surface area contributed by atoms with Crippen LogP contribution in [0.3, 0.4) is 0 Å². The van der Waals surface area contributed by atoms with Gasteiger partial charge in [0, 0.05) is 0 Å². The molecule has 0 radical (unpaired) electrons. The minimum atomic E-state index is -1.02. The lowest BCUT2D eigenvalue weighted by Crippen LogP contribution is -2.38. The first-order chi connectivity index (χ1) is 14.0. The Hall–Kier alpha value is -0.900. The van der Waals surface area contributed by atoms with Gasteiger partial charge in [-0.2, -0.15) is 0 Å². The van der Waals surface area contributed by atoms with Gasteiger partial charge in [0.25, 0.3) is 0 Å². The van der Waals surface area contributed by atoms with Gasteiger partial charge in [-0.1, -0.05) is 43.7 Å². The van der Waals surface area contributed by atoms with E-state index in [1.54, 1.807) is 19.4 Å². The van der Waals surface area contributed by atoms with Crippen molar-refractivity contribution in [3.8, 4) is 0 Å². The molecule has 6 atom stereocenters. The second kappa shape index (κ2) is 9.30. The normalized spacial score (nSPS) is 37.4. The fraction of sp³-hybridized carbons (Fsp3) is 0.778. The molecule has 30 heavy (non-hydrogen) atoms. The average molecular weight is 417 g/mol. The molecule has 3 aliphatic rings. The number of hydrogen-bond donors (Lipinski definition) is 3. The fourth-order valence-electron chi connectivity index (χ4n) is 6.58. The SMILES string of the molecule is C=C1CC[C@H](O)C/C1=C/C=C1/CCC[C@]2(C)[C@@H]([C@H](C)CC[C@@H](O)C(C)(C)O)CC[C@@H]12. The summed E-state index contributed by atoms with van der Waals surface area (Å²) >= 11 is 0. The first-order valence-corrected chi connectivity index (χ1v) is 12.2. The molecule has 0 saturated heterocycles. The Bertz CT molecular complexity index is 683. The minimum Gasteiger partial charge on any atom is -0.393 e. The van der Waals surface area contributed by atoms with Gasteiger partial charge in [0.2, 0.25) is 0 Å². The smallest absolute Gasteiger partial charge is 0.0849 e. The Morgan fingerprint density at radius 1 is 1.17 bits per heavy atom. The van der Waals surface area contributed by atoms with Crippen molar-refractivity contribution in [1.82, 2.24) is 0 Å². The molecule has 3 rings (SSSR count). The van der Waals surface area contributed by atoms with Gasteiger partial charge in [-0.3, -0.25) is 0 Å². The summed E-state index contributed by atoms with van der Waals surface area (Å²) in [6.07, 6.45) is 14.1. The lowest BCUT2D eigenvalue weighted by Gasteiger charge is -2.44. The van der Waals surface area contributed by atoms with Crippen molar-refractivity contribution in [2.75, 3.05) is 0 Å². The highest BCUT2D eigenvalue weighted by Gasteiger charge is 2.50. The first kappa shape index (κ1) is 23.8. The summed E-state index contributed by atoms with van der Waals surface area (Å²) < 4.78 is 0. The molecule has 0 aromatic rings. The van der Waals surface area contributed by atoms with Gasteiger partial charge in [0.05, 0.1) is 17.8 Å². The molecule has 3 N–H and O–H groups in total. The van der Waals surface area contributed by atoms with Gasteiger partial charge in [-0.05, 0) is 107 Å². The number of fused-ring (bicyclic) bond motifs is 1. The van der Waals surface area contributed by atoms with Crippen LogP contribution in [0.2, 0.25) is 0 Å². The predicted octanol–water partition coefficient (Wildman–Crippen LogP) is 5.70. The molecule has 3 fully saturated rings. The quantitative estimate of drug-likeness (QED) is 0.520. The molecule has 0 aromatic carbocycles. The number of hydrogen-bond acceptors (Lipinski definition) is 3. The van der Waals surface area contributed by atoms with Crippen LogP contribution in [-0.4, -0.2) is 33.1 Å². The van der Waals surface area contributed by atoms with Gasteiger partial charge < -0.3 is 15.3 Å². The standard InChI is InChI=1S/C27H44O3/c1-18-8-12-22(28)17-21(18)11-10-20-7-6-16-27(5)23(13-14-24(20)27)19(2)9-15-25(29)26(3,4)30/h10-11,19,22-25,28-30H,1,6-9,12-17H2,2-5H3/b20-10-,21-11-/t19-,22+,23-,24+,25-,27-/m1/s1. The maximum Gasteiger partial charge on any atom is 0.0849 e. The molecule has 170 valence electrons. The molecule has 3 heteroatoms. The van der Waals surface area contributed by atoms with Crippen molar-refractivity contribution in [2.45, 2.75) is 110 Å². The van der Waals surface area contributed by atoms with E-state index < -0.39 is 11.7 Å². The second-order valence-electron chi connectivity index (χ2n) is 11.3. The van der Waals surface area contributed by atoms with E-state index >= 15 is 0 Å². The Morgan fingerprint density at radius 3 is 2.60 bits per heavy atom. The summed E-state index contributed by atoms with van der Waals surface area (Å²) in [5.74, 6) is 1.89. The van der Waals surface area contributed by atoms with Crippen molar-refractivity contribution in [3.05, 3.63) is 35.5 Å². The Morgan fingerprint density at radius 2 is 1.90 bits per heavy atom. The third-order valence-corrected chi connectivity index (χ3v) is 8.62. The van der Waals surface area contributed by atoms with Crippen LogP contribution >= 0.6 is 0 Å². The third kappa shape index (κ3) is 5.11. The van der Waals surface area contributed by atoms with E-state index in [-0.39, 0.29) is 6.10 Å². The van der Waals surface area contributed by atoms with E-state index in [0.29, 0.717) is 29.6 Å². The molecular weight excluding hydrogens is 372 g/mol. The molecule has 0 aliphatic heterocycles. The summed E-state index contributed by atoms with van der Waals surface area (Å²) in [5.41, 5.74) is 3.34. The van der Waals surface area contributed by atoms with E-state index in [1.165, 1.54) is 43.3 Å². The van der Waals surface area contributed by atoms with E-state index in [9.17, 15) is 15.3 Å². The number of allylic oxidation sites excluding steroid dienone is 4. The lowest BCUT2D eigenvalue weighted by molar-refractivity contribution is -0.0554. The summed E-state index contributed by atoms with van der Waals surface area (Å²) in [6, 6.07) is 0. The third-order valence-electron chi connectivity index (χ3n) is 8.62. The van der Waals surface area contributed by atoms with Crippen molar-refractivity contribution >= 4 is 0 Å². The minimum absolute atomic E-state index is 0.215. The number of rotatable bonds is 6. The molecule has 0 spiro atoms. The molecule has 3 aliphatic carbocycles. The van der Waals surface area contributed by atoms with Crippen molar-refractivity contribution in [3.63, 3.8) is 0 Å². The van der Waals surface area contributed by atoms with Crippen LogP contribution in [0.1, 0.15) is 91.9 Å². The first-order valence-electron chi connectivity index (χ1n) is 12.2. The second-order valence-corrected chi connectivity index (χ2v) is 11.3. The van der Waals surface area contributed by atoms with Crippen LogP contribution in [-0.2, 0) is 0 Å². The van der Waals surface area contributed by atoms with Gasteiger partial charge in [0.1, 0.15) is 0 Å². The van der Waals surface area contributed by atoms with Gasteiger partial charge in [0.15, 0.2) is 0 Å². The molecular formula is C27H44O3. The highest BCUT2D eigenvalue weighted by atomic mass is 16.3. The zero-order valence-corrected chi connectivity index (χ0v) is 19.7. The van der Waals surface area contributed by atoms with Crippen molar-refractivity contribution in [1.29, 1.82) is 0 Å². The molecule has 3 saturated carbocycles. The van der Waals surface area contributed by atoms with Gasteiger partial charge in [-0.15, -0.1) is 0 Å². The zero-order chi connectivity index (χ0) is 22.1. The maximum absolute atomic E-state index is 10.3. The topological polar surface area (TPSA) is 60.7 Å². The van der Waals surface area contributed by atoms with Crippen LogP contribution in [0.5, 0.6) is 0 Å². The number of aliphatic hydroxyl groups excluding tert-OH is 2. The van der Waals surface area contributed by atoms with E-state index in [0.717, 1.165) is 25.7 Å². The predicted molar refractivity (Wildman–Crippen MR) is 124 cm³/mol. The zero-order valence-electron chi connectivity index (χ0n) is 19.7.